The predicted octanol–water partition coefficient (Wildman–Crippen LogP) is 1.50. The molecule has 1 aliphatic rings. The van der Waals surface area contributed by atoms with Crippen molar-refractivity contribution in [2.75, 3.05) is 11.9 Å². The highest BCUT2D eigenvalue weighted by Crippen LogP contribution is 2.18. The number of amides is 1. The number of hydrogen-bond donors (Lipinski definition) is 2. The maximum atomic E-state index is 11.5. The summed E-state index contributed by atoms with van der Waals surface area (Å²) in [5, 5.41) is 6.18. The number of carbonyl (C=O) groups is 1. The second-order valence-corrected chi connectivity index (χ2v) is 4.97. The van der Waals surface area contributed by atoms with E-state index in [-0.39, 0.29) is 5.91 Å². The van der Waals surface area contributed by atoms with Crippen LogP contribution >= 0.6 is 0 Å². The van der Waals surface area contributed by atoms with Crippen LogP contribution in [-0.2, 0) is 4.79 Å². The fraction of sp³-hybridized carbons (Fsp3) is 0.429. The molecular weight excluding hydrogens is 254 g/mol. The van der Waals surface area contributed by atoms with Crippen LogP contribution in [0.25, 0.3) is 11.2 Å². The fourth-order valence-electron chi connectivity index (χ4n) is 1.95. The van der Waals surface area contributed by atoms with Gasteiger partial charge in [-0.05, 0) is 31.4 Å². The van der Waals surface area contributed by atoms with E-state index in [2.05, 4.69) is 25.6 Å². The minimum Gasteiger partial charge on any atom is -0.370 e. The third-order valence-electron chi connectivity index (χ3n) is 3.16. The first-order valence-corrected chi connectivity index (χ1v) is 6.92. The molecule has 2 N–H and O–H groups in total. The van der Waals surface area contributed by atoms with E-state index in [0.717, 1.165) is 37.1 Å². The summed E-state index contributed by atoms with van der Waals surface area (Å²) in [6, 6.07) is 4.20. The molecule has 104 valence electrons. The Labute approximate surface area is 117 Å². The molecule has 1 amide bonds. The molecule has 1 fully saturated rings. The lowest BCUT2D eigenvalue weighted by atomic mass is 10.3. The average molecular weight is 271 g/mol. The molecule has 2 aromatic rings. The van der Waals surface area contributed by atoms with Gasteiger partial charge in [-0.15, -0.1) is 0 Å². The number of aromatic nitrogens is 3. The summed E-state index contributed by atoms with van der Waals surface area (Å²) < 4.78 is 0. The summed E-state index contributed by atoms with van der Waals surface area (Å²) in [7, 11) is 0. The van der Waals surface area contributed by atoms with Crippen LogP contribution in [0, 0.1) is 0 Å². The Bertz CT molecular complexity index is 611. The van der Waals surface area contributed by atoms with Crippen LogP contribution in [0.5, 0.6) is 0 Å². The van der Waals surface area contributed by atoms with Gasteiger partial charge in [0.1, 0.15) is 11.3 Å². The van der Waals surface area contributed by atoms with Crippen LogP contribution in [0.4, 0.5) is 5.82 Å². The van der Waals surface area contributed by atoms with Crippen molar-refractivity contribution in [2.24, 2.45) is 0 Å². The molecule has 20 heavy (non-hydrogen) atoms. The summed E-state index contributed by atoms with van der Waals surface area (Å²) in [6.45, 7) is 0.719. The molecule has 1 aliphatic carbocycles. The van der Waals surface area contributed by atoms with Crippen molar-refractivity contribution in [3.8, 4) is 0 Å². The lowest BCUT2D eigenvalue weighted by Gasteiger charge is -2.06. The molecule has 6 heteroatoms. The van der Waals surface area contributed by atoms with Gasteiger partial charge in [-0.1, -0.05) is 0 Å². The van der Waals surface area contributed by atoms with Crippen molar-refractivity contribution < 1.29 is 4.79 Å². The maximum Gasteiger partial charge on any atom is 0.220 e. The first-order chi connectivity index (χ1) is 9.81. The normalized spacial score (nSPS) is 14.2. The van der Waals surface area contributed by atoms with E-state index >= 15 is 0 Å². The molecular formula is C14H17N5O. The number of anilines is 1. The Morgan fingerprint density at radius 2 is 2.10 bits per heavy atom. The van der Waals surface area contributed by atoms with Crippen LogP contribution in [0.2, 0.25) is 0 Å². The number of rotatable bonds is 6. The molecule has 6 nitrogen and oxygen atoms in total. The summed E-state index contributed by atoms with van der Waals surface area (Å²) >= 11 is 0. The summed E-state index contributed by atoms with van der Waals surface area (Å²) in [5.74, 6) is 0.909. The summed E-state index contributed by atoms with van der Waals surface area (Å²) in [4.78, 5) is 24.2. The second-order valence-electron chi connectivity index (χ2n) is 4.97. The lowest BCUT2D eigenvalue weighted by molar-refractivity contribution is -0.121. The van der Waals surface area contributed by atoms with Crippen LogP contribution in [-0.4, -0.2) is 33.4 Å². The third kappa shape index (κ3) is 3.40. The van der Waals surface area contributed by atoms with Gasteiger partial charge in [0.05, 0.1) is 0 Å². The number of pyridine rings is 1. The van der Waals surface area contributed by atoms with E-state index in [1.54, 1.807) is 12.4 Å². The SMILES string of the molecule is O=C(CCCNc1ccc2nccnc2n1)NC1CC1. The topological polar surface area (TPSA) is 79.8 Å². The van der Waals surface area contributed by atoms with Crippen molar-refractivity contribution in [1.82, 2.24) is 20.3 Å². The minimum atomic E-state index is 0.145. The van der Waals surface area contributed by atoms with E-state index in [0.29, 0.717) is 18.1 Å². The van der Waals surface area contributed by atoms with E-state index < -0.39 is 0 Å². The van der Waals surface area contributed by atoms with E-state index in [4.69, 9.17) is 0 Å². The maximum absolute atomic E-state index is 11.5. The Balaban J connectivity index is 1.45. The molecule has 0 unspecified atom stereocenters. The molecule has 0 radical (unpaired) electrons. The number of hydrogen-bond acceptors (Lipinski definition) is 5. The molecule has 2 aromatic heterocycles. The van der Waals surface area contributed by atoms with Gasteiger partial charge in [0.2, 0.25) is 5.91 Å². The molecule has 0 saturated heterocycles. The Morgan fingerprint density at radius 3 is 2.95 bits per heavy atom. The Hall–Kier alpha value is -2.24. The molecule has 0 aromatic carbocycles. The molecule has 3 rings (SSSR count). The van der Waals surface area contributed by atoms with E-state index in [9.17, 15) is 4.79 Å². The summed E-state index contributed by atoms with van der Waals surface area (Å²) in [5.41, 5.74) is 1.41. The molecule has 2 heterocycles. The van der Waals surface area contributed by atoms with Gasteiger partial charge in [-0.2, -0.15) is 0 Å². The van der Waals surface area contributed by atoms with E-state index in [1.165, 1.54) is 0 Å². The quantitative estimate of drug-likeness (QED) is 0.778. The smallest absolute Gasteiger partial charge is 0.220 e. The van der Waals surface area contributed by atoms with Crippen molar-refractivity contribution in [2.45, 2.75) is 31.7 Å². The van der Waals surface area contributed by atoms with Crippen LogP contribution in [0.3, 0.4) is 0 Å². The highest BCUT2D eigenvalue weighted by molar-refractivity contribution is 5.76. The Morgan fingerprint density at radius 1 is 1.25 bits per heavy atom. The van der Waals surface area contributed by atoms with Gasteiger partial charge in [-0.25, -0.2) is 9.97 Å². The van der Waals surface area contributed by atoms with E-state index in [1.807, 2.05) is 12.1 Å². The van der Waals surface area contributed by atoms with Gasteiger partial charge in [0, 0.05) is 31.4 Å². The molecule has 1 saturated carbocycles. The van der Waals surface area contributed by atoms with Crippen molar-refractivity contribution >= 4 is 22.9 Å². The molecule has 0 spiro atoms. The zero-order chi connectivity index (χ0) is 13.8. The van der Waals surface area contributed by atoms with Gasteiger partial charge in [0.25, 0.3) is 0 Å². The van der Waals surface area contributed by atoms with Crippen LogP contribution in [0.15, 0.2) is 24.5 Å². The number of carbonyl (C=O) groups excluding carboxylic acids is 1. The van der Waals surface area contributed by atoms with Crippen molar-refractivity contribution in [1.29, 1.82) is 0 Å². The van der Waals surface area contributed by atoms with Crippen LogP contribution in [0.1, 0.15) is 25.7 Å². The third-order valence-corrected chi connectivity index (χ3v) is 3.16. The molecule has 0 bridgehead atoms. The largest absolute Gasteiger partial charge is 0.370 e. The number of fused-ring (bicyclic) bond motifs is 1. The second kappa shape index (κ2) is 5.81. The highest BCUT2D eigenvalue weighted by Gasteiger charge is 2.22. The van der Waals surface area contributed by atoms with Crippen molar-refractivity contribution in [3.63, 3.8) is 0 Å². The minimum absolute atomic E-state index is 0.145. The lowest BCUT2D eigenvalue weighted by Crippen LogP contribution is -2.25. The van der Waals surface area contributed by atoms with Gasteiger partial charge >= 0.3 is 0 Å². The zero-order valence-corrected chi connectivity index (χ0v) is 11.2. The Kier molecular flexibility index (Phi) is 3.71. The first kappa shape index (κ1) is 12.8. The fourth-order valence-corrected chi connectivity index (χ4v) is 1.95. The zero-order valence-electron chi connectivity index (χ0n) is 11.2. The van der Waals surface area contributed by atoms with Gasteiger partial charge in [0.15, 0.2) is 5.65 Å². The van der Waals surface area contributed by atoms with Gasteiger partial charge < -0.3 is 10.6 Å². The monoisotopic (exact) mass is 271 g/mol. The van der Waals surface area contributed by atoms with Gasteiger partial charge in [-0.3, -0.25) is 9.78 Å². The summed E-state index contributed by atoms with van der Waals surface area (Å²) in [6.07, 6.45) is 6.88. The highest BCUT2D eigenvalue weighted by atomic mass is 16.1. The molecule has 0 aliphatic heterocycles. The number of nitrogens with one attached hydrogen (secondary N) is 2. The average Bonchev–Trinajstić information content (AvgIpc) is 3.27. The first-order valence-electron chi connectivity index (χ1n) is 6.92. The molecule has 0 atom stereocenters. The van der Waals surface area contributed by atoms with Crippen LogP contribution < -0.4 is 10.6 Å². The van der Waals surface area contributed by atoms with Crippen molar-refractivity contribution in [3.05, 3.63) is 24.5 Å². The number of nitrogens with zero attached hydrogens (tertiary/aromatic N) is 3. The predicted molar refractivity (Wildman–Crippen MR) is 76.2 cm³/mol. The standard InChI is InChI=1S/C14H17N5O/c20-13(18-10-3-4-10)2-1-7-16-12-6-5-11-14(19-12)17-9-8-15-11/h5-6,8-10H,1-4,7H2,(H,18,20)(H,16,17,19).